The number of carbonyl (C=O) groups is 10. The van der Waals surface area contributed by atoms with E-state index in [1.165, 1.54) is 11.8 Å². The summed E-state index contributed by atoms with van der Waals surface area (Å²) < 4.78 is 29.4. The van der Waals surface area contributed by atoms with E-state index in [1.54, 1.807) is 67.8 Å². The van der Waals surface area contributed by atoms with Crippen molar-refractivity contribution < 1.29 is 71.6 Å². The Morgan fingerprint density at radius 2 is 1.52 bits per heavy atom. The fraction of sp³-hybridized carbons (Fsp3) is 0.474. The minimum atomic E-state index is -1.64. The molecule has 436 valence electrons. The highest BCUT2D eigenvalue weighted by Gasteiger charge is 2.48. The number of aromatic nitrogens is 2. The second-order valence-electron chi connectivity index (χ2n) is 20.8. The standard InChI is InChI=1S/C57H67N9O16/c1-5-57(82-32(4)67)39-25-42-51-38(28-66(42)54(75)35(39)16-17-45(57)68)37(36-24-43-44(26-41(36)62-51)79-23-22-78-43)27-60-47(70)30-81-56(77)80-29-33-12-14-34(15-13-33)61-52(73)40(10-9-20-59-55(58)76)63-53(74)50(31(2)3)64-46(69)11-7-6-8-21-65-48(71)18-19-49(65)72/h12-15,24-26,31,40,50H,5-11,16-23,27-30H2,1-4H3,(H,60,70)(H,61,73)(H,63,74)(H,64,69)(H3,58,59,76)/t40-,50-,57-/m0/s1. The molecule has 0 radical (unpaired) electrons. The van der Waals surface area contributed by atoms with Gasteiger partial charge in [-0.3, -0.25) is 48.1 Å². The lowest BCUT2D eigenvalue weighted by Crippen LogP contribution is -2.54. The van der Waals surface area contributed by atoms with Crippen LogP contribution in [0.1, 0.15) is 120 Å². The molecule has 0 spiro atoms. The number of ketones is 1. The number of nitrogens with zero attached hydrogens (tertiary/aromatic N) is 3. The molecule has 5 heterocycles. The van der Waals surface area contributed by atoms with E-state index in [0.29, 0.717) is 106 Å². The predicted octanol–water partition coefficient (Wildman–Crippen LogP) is 3.57. The van der Waals surface area contributed by atoms with Crippen LogP contribution in [0.4, 0.5) is 15.3 Å². The van der Waals surface area contributed by atoms with E-state index in [-0.39, 0.29) is 113 Å². The van der Waals surface area contributed by atoms with Crippen molar-refractivity contribution in [3.05, 3.63) is 80.6 Å². The first-order valence-electron chi connectivity index (χ1n) is 27.4. The Morgan fingerprint density at radius 3 is 2.21 bits per heavy atom. The van der Waals surface area contributed by atoms with Crippen LogP contribution in [0.2, 0.25) is 0 Å². The van der Waals surface area contributed by atoms with Crippen LogP contribution < -0.4 is 47.4 Å². The number of nitrogens with two attached hydrogens (primary N) is 1. The lowest BCUT2D eigenvalue weighted by molar-refractivity contribution is -0.168. The summed E-state index contributed by atoms with van der Waals surface area (Å²) in [5.74, 6) is -3.05. The van der Waals surface area contributed by atoms with Gasteiger partial charge in [0.25, 0.3) is 11.5 Å². The van der Waals surface area contributed by atoms with Gasteiger partial charge in [-0.15, -0.1) is 0 Å². The maximum atomic E-state index is 14.3. The highest BCUT2D eigenvalue weighted by molar-refractivity contribution is 6.02. The number of benzene rings is 2. The number of nitrogens with one attached hydrogen (secondary N) is 5. The van der Waals surface area contributed by atoms with Crippen molar-refractivity contribution >= 4 is 76.0 Å². The maximum Gasteiger partial charge on any atom is 0.509 e. The van der Waals surface area contributed by atoms with E-state index < -0.39 is 60.2 Å². The SMILES string of the molecule is CC[C@@]1(OC(C)=O)C(=O)CCc2c1cc1n(c2=O)Cc2c-1nc1cc3c(cc1c2CNC(=O)COC(=O)OCc1ccc(NC(=O)[C@H](CCCNC(N)=O)NC(=O)[C@@H](NC(=O)CCCCCN2C(=O)CCC2=O)C(C)C)cc1)OCCO3. The second kappa shape index (κ2) is 26.1. The third-order valence-corrected chi connectivity index (χ3v) is 14.8. The number of carbonyl (C=O) groups excluding carboxylic acids is 10. The van der Waals surface area contributed by atoms with Crippen LogP contribution in [0.5, 0.6) is 11.5 Å². The van der Waals surface area contributed by atoms with Gasteiger partial charge < -0.3 is 60.6 Å². The van der Waals surface area contributed by atoms with Gasteiger partial charge in [0.1, 0.15) is 31.9 Å². The second-order valence-corrected chi connectivity index (χ2v) is 20.8. The number of pyridine rings is 2. The molecule has 8 amide bonds. The first kappa shape index (κ1) is 59.2. The van der Waals surface area contributed by atoms with Gasteiger partial charge >= 0.3 is 18.2 Å². The lowest BCUT2D eigenvalue weighted by Gasteiger charge is -2.36. The molecule has 3 aliphatic heterocycles. The van der Waals surface area contributed by atoms with Crippen LogP contribution in [0.3, 0.4) is 0 Å². The van der Waals surface area contributed by atoms with Gasteiger partial charge in [-0.2, -0.15) is 0 Å². The summed E-state index contributed by atoms with van der Waals surface area (Å²) in [5.41, 5.74) is 7.23. The molecule has 82 heavy (non-hydrogen) atoms. The van der Waals surface area contributed by atoms with E-state index in [9.17, 15) is 52.7 Å². The van der Waals surface area contributed by atoms with Crippen molar-refractivity contribution in [2.45, 2.75) is 136 Å². The van der Waals surface area contributed by atoms with Crippen molar-refractivity contribution in [1.29, 1.82) is 0 Å². The zero-order valence-corrected chi connectivity index (χ0v) is 46.2. The lowest BCUT2D eigenvalue weighted by atomic mass is 9.76. The number of Topliss-reactive ketones (excluding diaryl/α,β-unsaturated/α-hetero) is 1. The Kier molecular flexibility index (Phi) is 18.9. The number of urea groups is 1. The average Bonchev–Trinajstić information content (AvgIpc) is 4.15. The minimum Gasteiger partial charge on any atom is -0.486 e. The molecule has 1 aliphatic carbocycles. The molecule has 25 nitrogen and oxygen atoms in total. The largest absolute Gasteiger partial charge is 0.509 e. The van der Waals surface area contributed by atoms with E-state index >= 15 is 0 Å². The molecule has 0 saturated carbocycles. The molecule has 2 aromatic carbocycles. The molecule has 3 atom stereocenters. The molecular weight excluding hydrogens is 1070 g/mol. The average molecular weight is 1130 g/mol. The number of ether oxygens (including phenoxy) is 5. The normalized spacial score (nSPS) is 16.5. The predicted molar refractivity (Wildman–Crippen MR) is 292 cm³/mol. The van der Waals surface area contributed by atoms with E-state index in [2.05, 4.69) is 26.6 Å². The number of primary amides is 1. The van der Waals surface area contributed by atoms with Crippen LogP contribution >= 0.6 is 0 Å². The number of likely N-dealkylation sites (tertiary alicyclic amines) is 1. The number of rotatable bonds is 24. The smallest absolute Gasteiger partial charge is 0.486 e. The summed E-state index contributed by atoms with van der Waals surface area (Å²) >= 11 is 0. The highest BCUT2D eigenvalue weighted by Crippen LogP contribution is 2.44. The number of anilines is 1. The molecule has 0 bridgehead atoms. The maximum absolute atomic E-state index is 14.3. The van der Waals surface area contributed by atoms with Crippen molar-refractivity contribution in [3.63, 3.8) is 0 Å². The van der Waals surface area contributed by atoms with Crippen LogP contribution in [-0.4, -0.2) is 119 Å². The third-order valence-electron chi connectivity index (χ3n) is 14.8. The van der Waals surface area contributed by atoms with Crippen LogP contribution in [0.15, 0.2) is 47.3 Å². The molecule has 25 heteroatoms. The summed E-state index contributed by atoms with van der Waals surface area (Å²) in [6.45, 7) is 6.46. The van der Waals surface area contributed by atoms with E-state index in [0.717, 1.165) is 0 Å². The van der Waals surface area contributed by atoms with Gasteiger partial charge in [0.05, 0.1) is 23.4 Å². The molecule has 4 aliphatic rings. The van der Waals surface area contributed by atoms with Gasteiger partial charge in [0, 0.05) is 86.1 Å². The first-order valence-corrected chi connectivity index (χ1v) is 27.4. The molecular formula is C57H67N9O16. The van der Waals surface area contributed by atoms with Gasteiger partial charge in [-0.25, -0.2) is 14.6 Å². The summed E-state index contributed by atoms with van der Waals surface area (Å²) in [6.07, 6.45) is 1.63. The summed E-state index contributed by atoms with van der Waals surface area (Å²) in [7, 11) is 0. The molecule has 1 saturated heterocycles. The van der Waals surface area contributed by atoms with Gasteiger partial charge in [0.15, 0.2) is 29.5 Å². The molecule has 2 aromatic heterocycles. The number of fused-ring (bicyclic) bond motifs is 6. The fourth-order valence-corrected chi connectivity index (χ4v) is 10.6. The number of unbranched alkanes of at least 4 members (excludes halogenated alkanes) is 2. The fourth-order valence-electron chi connectivity index (χ4n) is 10.6. The van der Waals surface area contributed by atoms with Gasteiger partial charge in [0.2, 0.25) is 29.5 Å². The first-order chi connectivity index (χ1) is 39.3. The van der Waals surface area contributed by atoms with E-state index in [4.69, 9.17) is 34.4 Å². The van der Waals surface area contributed by atoms with Crippen molar-refractivity contribution in [2.75, 3.05) is 38.2 Å². The highest BCUT2D eigenvalue weighted by atomic mass is 16.7. The monoisotopic (exact) mass is 1130 g/mol. The van der Waals surface area contributed by atoms with Crippen LogP contribution in [0, 0.1) is 5.92 Å². The zero-order chi connectivity index (χ0) is 58.8. The Labute approximate surface area is 471 Å². The molecule has 8 rings (SSSR count). The van der Waals surface area contributed by atoms with Gasteiger partial charge in [-0.1, -0.05) is 39.3 Å². The number of hydrogen-bond acceptors (Lipinski definition) is 17. The number of amides is 8. The number of hydrogen-bond donors (Lipinski definition) is 6. The Hall–Kier alpha value is -8.90. The number of esters is 1. The summed E-state index contributed by atoms with van der Waals surface area (Å²) in [6, 6.07) is 8.54. The minimum absolute atomic E-state index is 0.0207. The quantitative estimate of drug-likeness (QED) is 0.0292. The van der Waals surface area contributed by atoms with Crippen LogP contribution in [-0.2, 0) is 84.3 Å². The summed E-state index contributed by atoms with van der Waals surface area (Å²) in [5, 5.41) is 14.1. The Balaban J connectivity index is 0.853. The molecule has 0 unspecified atom stereocenters. The molecule has 7 N–H and O–H groups in total. The molecule has 1 fully saturated rings. The molecule has 4 aromatic rings. The van der Waals surface area contributed by atoms with Crippen LogP contribution in [0.25, 0.3) is 22.3 Å². The van der Waals surface area contributed by atoms with Crippen molar-refractivity contribution in [2.24, 2.45) is 11.7 Å². The third kappa shape index (κ3) is 13.6. The Bertz CT molecular complexity index is 3250. The van der Waals surface area contributed by atoms with E-state index in [1.807, 2.05) is 0 Å². The van der Waals surface area contributed by atoms with Crippen molar-refractivity contribution in [3.8, 4) is 22.9 Å². The zero-order valence-electron chi connectivity index (χ0n) is 46.2. The topological polar surface area (TPSA) is 341 Å². The van der Waals surface area contributed by atoms with Gasteiger partial charge in [-0.05, 0) is 79.8 Å². The van der Waals surface area contributed by atoms with Crippen molar-refractivity contribution in [1.82, 2.24) is 35.7 Å². The number of imide groups is 1. The Morgan fingerprint density at radius 1 is 0.805 bits per heavy atom. The summed E-state index contributed by atoms with van der Waals surface area (Å²) in [4.78, 5) is 148.